The Bertz CT molecular complexity index is 1380. The third kappa shape index (κ3) is 4.86. The summed E-state index contributed by atoms with van der Waals surface area (Å²) < 4.78 is 41.4. The lowest BCUT2D eigenvalue weighted by Gasteiger charge is -2.13. The molecule has 0 spiro atoms. The van der Waals surface area contributed by atoms with Gasteiger partial charge in [-0.2, -0.15) is 0 Å². The van der Waals surface area contributed by atoms with Gasteiger partial charge in [0.25, 0.3) is 0 Å². The van der Waals surface area contributed by atoms with Crippen LogP contribution in [-0.4, -0.2) is 46.2 Å². The van der Waals surface area contributed by atoms with E-state index < -0.39 is 26.3 Å². The highest BCUT2D eigenvalue weighted by Gasteiger charge is 2.58. The number of aliphatic imine (C=N–C) groups is 1. The van der Waals surface area contributed by atoms with Crippen LogP contribution in [0.2, 0.25) is 0 Å². The summed E-state index contributed by atoms with van der Waals surface area (Å²) in [5.41, 5.74) is 7.34. The molecule has 34 heavy (non-hydrogen) atoms. The normalized spacial score (nSPS) is 15.7. The first kappa shape index (κ1) is 23.2. The first-order chi connectivity index (χ1) is 16.2. The van der Waals surface area contributed by atoms with E-state index >= 15 is 0 Å². The quantitative estimate of drug-likeness (QED) is 0.461. The highest BCUT2D eigenvalue weighted by molar-refractivity contribution is 7.93. The van der Waals surface area contributed by atoms with E-state index in [1.54, 1.807) is 24.3 Å². The van der Waals surface area contributed by atoms with Gasteiger partial charge in [-0.15, -0.1) is 0 Å². The summed E-state index contributed by atoms with van der Waals surface area (Å²) in [5.74, 6) is -0.856. The molecular formula is C22H21FN6O4S. The van der Waals surface area contributed by atoms with E-state index in [9.17, 15) is 17.6 Å². The van der Waals surface area contributed by atoms with Crippen LogP contribution >= 0.6 is 0 Å². The number of sulfone groups is 1. The molecule has 2 aromatic heterocycles. The Morgan fingerprint density at radius 2 is 2.06 bits per heavy atom. The SMILES string of the molecule is CS(=O)(=O)C1(C(=O)Nc2ccnc(C(N)=CC(=NCc3ccccc3F)c3ccon3)n2)CC1. The summed E-state index contributed by atoms with van der Waals surface area (Å²) in [6, 6.07) is 9.25. The monoisotopic (exact) mass is 484 g/mol. The number of benzene rings is 1. The van der Waals surface area contributed by atoms with Crippen LogP contribution in [0.15, 0.2) is 64.4 Å². The van der Waals surface area contributed by atoms with E-state index in [1.165, 1.54) is 30.7 Å². The molecule has 0 atom stereocenters. The topological polar surface area (TPSA) is 153 Å². The average Bonchev–Trinajstić information content (AvgIpc) is 3.47. The minimum absolute atomic E-state index is 0.0309. The molecule has 3 aromatic rings. The van der Waals surface area contributed by atoms with Crippen molar-refractivity contribution in [3.8, 4) is 0 Å². The first-order valence-electron chi connectivity index (χ1n) is 10.2. The molecule has 2 heterocycles. The third-order valence-electron chi connectivity index (χ3n) is 5.35. The zero-order valence-corrected chi connectivity index (χ0v) is 18.9. The number of nitrogens with two attached hydrogens (primary N) is 1. The van der Waals surface area contributed by atoms with Crippen molar-refractivity contribution >= 4 is 33.0 Å². The number of carbonyl (C=O) groups is 1. The Balaban J connectivity index is 1.59. The third-order valence-corrected chi connectivity index (χ3v) is 7.37. The van der Waals surface area contributed by atoms with Crippen LogP contribution in [0, 0.1) is 5.82 Å². The molecule has 0 unspecified atom stereocenters. The van der Waals surface area contributed by atoms with Crippen molar-refractivity contribution in [2.24, 2.45) is 10.7 Å². The van der Waals surface area contributed by atoms with Gasteiger partial charge in [0, 0.05) is 24.1 Å². The number of amides is 1. The molecule has 0 saturated heterocycles. The van der Waals surface area contributed by atoms with Crippen LogP contribution in [0.3, 0.4) is 0 Å². The van der Waals surface area contributed by atoms with Crippen molar-refractivity contribution in [2.45, 2.75) is 24.1 Å². The molecule has 0 radical (unpaired) electrons. The molecule has 0 bridgehead atoms. The number of anilines is 1. The molecule has 12 heteroatoms. The highest BCUT2D eigenvalue weighted by Crippen LogP contribution is 2.43. The van der Waals surface area contributed by atoms with Crippen molar-refractivity contribution in [2.75, 3.05) is 11.6 Å². The number of rotatable bonds is 8. The molecular weight excluding hydrogens is 463 g/mol. The highest BCUT2D eigenvalue weighted by atomic mass is 32.2. The van der Waals surface area contributed by atoms with Gasteiger partial charge in [-0.25, -0.2) is 22.8 Å². The van der Waals surface area contributed by atoms with Gasteiger partial charge in [0.15, 0.2) is 20.4 Å². The first-order valence-corrected chi connectivity index (χ1v) is 12.1. The van der Waals surface area contributed by atoms with Gasteiger partial charge in [-0.3, -0.25) is 9.79 Å². The van der Waals surface area contributed by atoms with Gasteiger partial charge in [0.2, 0.25) is 5.91 Å². The fraction of sp³-hybridized carbons (Fsp3) is 0.227. The predicted molar refractivity (Wildman–Crippen MR) is 123 cm³/mol. The van der Waals surface area contributed by atoms with E-state index in [0.29, 0.717) is 17.0 Å². The minimum Gasteiger partial charge on any atom is -0.396 e. The fourth-order valence-electron chi connectivity index (χ4n) is 3.23. The zero-order chi connectivity index (χ0) is 24.3. The van der Waals surface area contributed by atoms with Crippen molar-refractivity contribution in [3.05, 3.63) is 77.8 Å². The molecule has 1 aliphatic carbocycles. The summed E-state index contributed by atoms with van der Waals surface area (Å²) in [4.78, 5) is 25.3. The van der Waals surface area contributed by atoms with Crippen molar-refractivity contribution in [1.29, 1.82) is 0 Å². The Morgan fingerprint density at radius 3 is 2.71 bits per heavy atom. The number of hydrogen-bond acceptors (Lipinski definition) is 9. The molecule has 1 amide bonds. The summed E-state index contributed by atoms with van der Waals surface area (Å²) in [6.07, 6.45) is 5.76. The standard InChI is InChI=1S/C22H21FN6O4S/c1-34(31,32)22(8-9-22)21(30)28-19-6-10-25-20(27-19)16(24)12-18(17-7-11-33-29-17)26-13-14-4-2-3-5-15(14)23/h2-7,10-12H,8-9,13,24H2,1H3,(H,25,27,28,30). The molecule has 1 aliphatic rings. The van der Waals surface area contributed by atoms with E-state index in [2.05, 4.69) is 25.4 Å². The Labute approximate surface area is 194 Å². The van der Waals surface area contributed by atoms with Crippen molar-refractivity contribution < 1.29 is 22.1 Å². The maximum atomic E-state index is 14.0. The zero-order valence-electron chi connectivity index (χ0n) is 18.1. The summed E-state index contributed by atoms with van der Waals surface area (Å²) in [7, 11) is -3.56. The molecule has 3 N–H and O–H groups in total. The van der Waals surface area contributed by atoms with Crippen LogP contribution in [0.1, 0.15) is 29.9 Å². The smallest absolute Gasteiger partial charge is 0.246 e. The summed E-state index contributed by atoms with van der Waals surface area (Å²) in [5, 5.41) is 6.39. The second-order valence-corrected chi connectivity index (χ2v) is 10.1. The lowest BCUT2D eigenvalue weighted by Crippen LogP contribution is -2.37. The van der Waals surface area contributed by atoms with Crippen molar-refractivity contribution in [1.82, 2.24) is 15.1 Å². The lowest BCUT2D eigenvalue weighted by molar-refractivity contribution is -0.116. The number of aromatic nitrogens is 3. The number of halogens is 1. The van der Waals surface area contributed by atoms with Gasteiger partial charge in [-0.05, 0) is 31.1 Å². The van der Waals surface area contributed by atoms with E-state index in [-0.39, 0.29) is 36.7 Å². The molecule has 4 rings (SSSR count). The second-order valence-electron chi connectivity index (χ2n) is 7.76. The Kier molecular flexibility index (Phi) is 6.24. The van der Waals surface area contributed by atoms with Crippen LogP contribution in [-0.2, 0) is 21.2 Å². The van der Waals surface area contributed by atoms with Gasteiger partial charge in [-0.1, -0.05) is 23.4 Å². The van der Waals surface area contributed by atoms with Gasteiger partial charge in [0.05, 0.1) is 18.0 Å². The summed E-state index contributed by atoms with van der Waals surface area (Å²) >= 11 is 0. The van der Waals surface area contributed by atoms with E-state index in [1.807, 2.05) is 0 Å². The molecule has 0 aliphatic heterocycles. The second kappa shape index (κ2) is 9.14. The maximum absolute atomic E-state index is 14.0. The average molecular weight is 485 g/mol. The van der Waals surface area contributed by atoms with E-state index in [0.717, 1.165) is 6.26 Å². The van der Waals surface area contributed by atoms with Crippen LogP contribution in [0.25, 0.3) is 5.70 Å². The predicted octanol–water partition coefficient (Wildman–Crippen LogP) is 2.11. The Morgan fingerprint density at radius 1 is 1.29 bits per heavy atom. The number of nitrogens with one attached hydrogen (secondary N) is 1. The fourth-order valence-corrected chi connectivity index (χ4v) is 4.46. The van der Waals surface area contributed by atoms with Crippen LogP contribution in [0.5, 0.6) is 0 Å². The molecule has 1 saturated carbocycles. The number of hydrogen-bond donors (Lipinski definition) is 2. The largest absolute Gasteiger partial charge is 0.396 e. The summed E-state index contributed by atoms with van der Waals surface area (Å²) in [6.45, 7) is 0.0309. The molecule has 176 valence electrons. The number of nitrogens with zero attached hydrogens (tertiary/aromatic N) is 4. The molecule has 1 fully saturated rings. The van der Waals surface area contributed by atoms with Gasteiger partial charge >= 0.3 is 0 Å². The number of carbonyl (C=O) groups excluding carboxylic acids is 1. The molecule has 10 nitrogen and oxygen atoms in total. The minimum atomic E-state index is -3.56. The van der Waals surface area contributed by atoms with E-state index in [4.69, 9.17) is 10.3 Å². The van der Waals surface area contributed by atoms with Crippen LogP contribution in [0.4, 0.5) is 10.2 Å². The van der Waals surface area contributed by atoms with Gasteiger partial charge in [0.1, 0.15) is 23.6 Å². The van der Waals surface area contributed by atoms with Gasteiger partial charge < -0.3 is 15.6 Å². The Hall–Kier alpha value is -3.93. The number of allylic oxidation sites excluding steroid dienone is 1. The lowest BCUT2D eigenvalue weighted by atomic mass is 10.2. The van der Waals surface area contributed by atoms with Crippen molar-refractivity contribution in [3.63, 3.8) is 0 Å². The van der Waals surface area contributed by atoms with Crippen LogP contribution < -0.4 is 11.1 Å². The molecule has 1 aromatic carbocycles. The maximum Gasteiger partial charge on any atom is 0.246 e.